The SMILES string of the molecule is Cc1ccc(S(=O)(=O)N2CCCCC2)cc1NC(=O)CNC(c1ccccc1)C(C)(C)C. The molecule has 1 aliphatic rings. The van der Waals surface area contributed by atoms with Gasteiger partial charge >= 0.3 is 0 Å². The van der Waals surface area contributed by atoms with Crippen molar-refractivity contribution in [3.63, 3.8) is 0 Å². The minimum atomic E-state index is -3.55. The maximum Gasteiger partial charge on any atom is 0.243 e. The zero-order chi connectivity index (χ0) is 23.4. The van der Waals surface area contributed by atoms with Crippen LogP contribution in [0.1, 0.15) is 57.2 Å². The molecule has 0 radical (unpaired) electrons. The fourth-order valence-corrected chi connectivity index (χ4v) is 5.65. The highest BCUT2D eigenvalue weighted by atomic mass is 32.2. The van der Waals surface area contributed by atoms with Crippen LogP contribution in [0.3, 0.4) is 0 Å². The predicted molar refractivity (Wildman–Crippen MR) is 129 cm³/mol. The van der Waals surface area contributed by atoms with Gasteiger partial charge in [0.15, 0.2) is 0 Å². The number of anilines is 1. The summed E-state index contributed by atoms with van der Waals surface area (Å²) < 4.78 is 27.6. The molecule has 1 amide bonds. The van der Waals surface area contributed by atoms with Crippen LogP contribution in [0.15, 0.2) is 53.4 Å². The van der Waals surface area contributed by atoms with E-state index in [0.717, 1.165) is 30.4 Å². The molecule has 6 nitrogen and oxygen atoms in total. The number of carbonyl (C=O) groups excluding carboxylic acids is 1. The Hall–Kier alpha value is -2.22. The van der Waals surface area contributed by atoms with E-state index in [1.807, 2.05) is 25.1 Å². The van der Waals surface area contributed by atoms with Gasteiger partial charge in [0.1, 0.15) is 0 Å². The average molecular weight is 458 g/mol. The van der Waals surface area contributed by atoms with Crippen molar-refractivity contribution in [3.8, 4) is 0 Å². The van der Waals surface area contributed by atoms with Crippen molar-refractivity contribution in [2.45, 2.75) is 57.9 Å². The number of amides is 1. The lowest BCUT2D eigenvalue weighted by molar-refractivity contribution is -0.115. The summed E-state index contributed by atoms with van der Waals surface area (Å²) in [4.78, 5) is 13.0. The van der Waals surface area contributed by atoms with Crippen molar-refractivity contribution in [1.82, 2.24) is 9.62 Å². The van der Waals surface area contributed by atoms with Crippen LogP contribution in [0.5, 0.6) is 0 Å². The van der Waals surface area contributed by atoms with Crippen LogP contribution in [-0.2, 0) is 14.8 Å². The molecule has 1 fully saturated rings. The summed E-state index contributed by atoms with van der Waals surface area (Å²) in [6.07, 6.45) is 2.83. The molecule has 1 unspecified atom stereocenters. The summed E-state index contributed by atoms with van der Waals surface area (Å²) in [6, 6.07) is 15.0. The third-order valence-electron chi connectivity index (χ3n) is 5.90. The van der Waals surface area contributed by atoms with Gasteiger partial charge < -0.3 is 10.6 Å². The lowest BCUT2D eigenvalue weighted by atomic mass is 9.82. The highest BCUT2D eigenvalue weighted by Gasteiger charge is 2.28. The lowest BCUT2D eigenvalue weighted by Gasteiger charge is -2.32. The standard InChI is InChI=1S/C25H35N3O3S/c1-19-13-14-21(32(30,31)28-15-9-6-10-16-28)17-22(19)27-23(29)18-26-24(25(2,3)4)20-11-7-5-8-12-20/h5,7-8,11-14,17,24,26H,6,9-10,15-16,18H2,1-4H3,(H,27,29). The van der Waals surface area contributed by atoms with E-state index in [1.54, 1.807) is 22.5 Å². The lowest BCUT2D eigenvalue weighted by Crippen LogP contribution is -2.37. The Labute approximate surface area is 192 Å². The normalized spacial score (nSPS) is 16.5. The van der Waals surface area contributed by atoms with Gasteiger partial charge in [0.2, 0.25) is 15.9 Å². The number of hydrogen-bond donors (Lipinski definition) is 2. The summed E-state index contributed by atoms with van der Waals surface area (Å²) in [5.74, 6) is -0.203. The van der Waals surface area contributed by atoms with E-state index in [-0.39, 0.29) is 28.8 Å². The molecule has 7 heteroatoms. The van der Waals surface area contributed by atoms with Crippen molar-refractivity contribution in [1.29, 1.82) is 0 Å². The second-order valence-electron chi connectivity index (χ2n) is 9.58. The first-order valence-electron chi connectivity index (χ1n) is 11.3. The van der Waals surface area contributed by atoms with E-state index in [4.69, 9.17) is 0 Å². The van der Waals surface area contributed by atoms with Gasteiger partial charge in [-0.1, -0.05) is 63.6 Å². The van der Waals surface area contributed by atoms with E-state index in [9.17, 15) is 13.2 Å². The molecular formula is C25H35N3O3S. The Balaban J connectivity index is 1.71. The second kappa shape index (κ2) is 10.1. The van der Waals surface area contributed by atoms with E-state index in [1.165, 1.54) is 0 Å². The Kier molecular flexibility index (Phi) is 7.75. The third kappa shape index (κ3) is 5.97. The highest BCUT2D eigenvalue weighted by Crippen LogP contribution is 2.32. The molecule has 0 saturated carbocycles. The third-order valence-corrected chi connectivity index (χ3v) is 7.80. The Morgan fingerprint density at radius 2 is 1.69 bits per heavy atom. The predicted octanol–water partition coefficient (Wildman–Crippen LogP) is 4.49. The van der Waals surface area contributed by atoms with Crippen LogP contribution in [0.25, 0.3) is 0 Å². The van der Waals surface area contributed by atoms with Gasteiger partial charge in [0.05, 0.1) is 11.4 Å². The minimum Gasteiger partial charge on any atom is -0.325 e. The molecule has 2 aromatic rings. The number of benzene rings is 2. The number of hydrogen-bond acceptors (Lipinski definition) is 4. The monoisotopic (exact) mass is 457 g/mol. The quantitative estimate of drug-likeness (QED) is 0.642. The van der Waals surface area contributed by atoms with Gasteiger partial charge in [0, 0.05) is 24.8 Å². The van der Waals surface area contributed by atoms with E-state index in [0.29, 0.717) is 18.8 Å². The summed E-state index contributed by atoms with van der Waals surface area (Å²) in [5.41, 5.74) is 2.40. The molecule has 1 atom stereocenters. The molecule has 1 saturated heterocycles. The average Bonchev–Trinajstić information content (AvgIpc) is 2.75. The van der Waals surface area contributed by atoms with Crippen molar-refractivity contribution in [3.05, 3.63) is 59.7 Å². The fraction of sp³-hybridized carbons (Fsp3) is 0.480. The first-order valence-corrected chi connectivity index (χ1v) is 12.7. The minimum absolute atomic E-state index is 0.00126. The van der Waals surface area contributed by atoms with E-state index >= 15 is 0 Å². The second-order valence-corrected chi connectivity index (χ2v) is 11.5. The molecule has 1 heterocycles. The number of piperidine rings is 1. The van der Waals surface area contributed by atoms with Gasteiger partial charge in [-0.2, -0.15) is 4.31 Å². The molecule has 0 spiro atoms. The zero-order valence-corrected chi connectivity index (χ0v) is 20.3. The number of aryl methyl sites for hydroxylation is 1. The van der Waals surface area contributed by atoms with Crippen LogP contribution < -0.4 is 10.6 Å². The summed E-state index contributed by atoms with van der Waals surface area (Å²) >= 11 is 0. The smallest absolute Gasteiger partial charge is 0.243 e. The maximum absolute atomic E-state index is 13.0. The molecule has 0 aromatic heterocycles. The van der Waals surface area contributed by atoms with Crippen LogP contribution >= 0.6 is 0 Å². The number of rotatable bonds is 7. The van der Waals surface area contributed by atoms with Crippen LogP contribution in [0, 0.1) is 12.3 Å². The summed E-state index contributed by atoms with van der Waals surface area (Å²) in [7, 11) is -3.55. The highest BCUT2D eigenvalue weighted by molar-refractivity contribution is 7.89. The van der Waals surface area contributed by atoms with Crippen molar-refractivity contribution < 1.29 is 13.2 Å². The van der Waals surface area contributed by atoms with Crippen LogP contribution in [0.4, 0.5) is 5.69 Å². The molecular weight excluding hydrogens is 422 g/mol. The molecule has 32 heavy (non-hydrogen) atoms. The van der Waals surface area contributed by atoms with Crippen molar-refractivity contribution >= 4 is 21.6 Å². The van der Waals surface area contributed by atoms with Crippen molar-refractivity contribution in [2.24, 2.45) is 5.41 Å². The molecule has 0 bridgehead atoms. The summed E-state index contributed by atoms with van der Waals surface area (Å²) in [6.45, 7) is 9.49. The van der Waals surface area contributed by atoms with Gasteiger partial charge in [-0.15, -0.1) is 0 Å². The topological polar surface area (TPSA) is 78.5 Å². The Morgan fingerprint density at radius 3 is 2.31 bits per heavy atom. The number of carbonyl (C=O) groups is 1. The van der Waals surface area contributed by atoms with Crippen molar-refractivity contribution in [2.75, 3.05) is 25.0 Å². The molecule has 2 N–H and O–H groups in total. The summed E-state index contributed by atoms with van der Waals surface area (Å²) in [5, 5.41) is 6.27. The van der Waals surface area contributed by atoms with Gasteiger partial charge in [-0.05, 0) is 48.4 Å². The van der Waals surface area contributed by atoms with Gasteiger partial charge in [-0.25, -0.2) is 8.42 Å². The first-order chi connectivity index (χ1) is 15.1. The van der Waals surface area contributed by atoms with E-state index < -0.39 is 10.0 Å². The first kappa shape index (κ1) is 24.4. The molecule has 1 aliphatic heterocycles. The Morgan fingerprint density at radius 1 is 1.03 bits per heavy atom. The molecule has 0 aliphatic carbocycles. The number of nitrogens with one attached hydrogen (secondary N) is 2. The van der Waals surface area contributed by atoms with Gasteiger partial charge in [0.25, 0.3) is 0 Å². The number of sulfonamides is 1. The molecule has 174 valence electrons. The zero-order valence-electron chi connectivity index (χ0n) is 19.5. The number of nitrogens with zero attached hydrogens (tertiary/aromatic N) is 1. The Bertz CT molecular complexity index is 1020. The van der Waals surface area contributed by atoms with E-state index in [2.05, 4.69) is 43.5 Å². The van der Waals surface area contributed by atoms with Crippen LogP contribution in [-0.4, -0.2) is 38.3 Å². The molecule has 3 rings (SSSR count). The largest absolute Gasteiger partial charge is 0.325 e. The molecule has 2 aromatic carbocycles. The van der Waals surface area contributed by atoms with Crippen LogP contribution in [0.2, 0.25) is 0 Å². The van der Waals surface area contributed by atoms with Gasteiger partial charge in [-0.3, -0.25) is 4.79 Å². The maximum atomic E-state index is 13.0. The fourth-order valence-electron chi connectivity index (χ4n) is 4.11.